The molecule has 5 nitrogen and oxygen atoms in total. The van der Waals surface area contributed by atoms with Crippen molar-refractivity contribution in [2.24, 2.45) is 0 Å². The van der Waals surface area contributed by atoms with Crippen molar-refractivity contribution in [1.29, 1.82) is 0 Å². The lowest BCUT2D eigenvalue weighted by Crippen LogP contribution is -2.39. The molecule has 0 radical (unpaired) electrons. The SMILES string of the molecule is CCN(CC(O)c1cc(OC)ccc1OC)C(C)COC. The fourth-order valence-corrected chi connectivity index (χ4v) is 2.39. The number of methoxy groups -OCH3 is 3. The molecule has 0 aliphatic carbocycles. The van der Waals surface area contributed by atoms with Crippen LogP contribution < -0.4 is 9.47 Å². The van der Waals surface area contributed by atoms with Crippen LogP contribution in [0.4, 0.5) is 0 Å². The maximum Gasteiger partial charge on any atom is 0.124 e. The lowest BCUT2D eigenvalue weighted by molar-refractivity contribution is 0.0572. The second-order valence-electron chi connectivity index (χ2n) is 5.02. The molecular formula is C16H27NO4. The molecule has 21 heavy (non-hydrogen) atoms. The average Bonchev–Trinajstić information content (AvgIpc) is 2.51. The van der Waals surface area contributed by atoms with Gasteiger partial charge >= 0.3 is 0 Å². The van der Waals surface area contributed by atoms with Gasteiger partial charge in [-0.15, -0.1) is 0 Å². The fraction of sp³-hybridized carbons (Fsp3) is 0.625. The summed E-state index contributed by atoms with van der Waals surface area (Å²) in [5, 5.41) is 10.6. The number of aliphatic hydroxyl groups excluding tert-OH is 1. The smallest absolute Gasteiger partial charge is 0.124 e. The number of rotatable bonds is 9. The van der Waals surface area contributed by atoms with Crippen LogP contribution in [0.1, 0.15) is 25.5 Å². The minimum absolute atomic E-state index is 0.242. The Kier molecular flexibility index (Phi) is 7.50. The van der Waals surface area contributed by atoms with Crippen LogP contribution in [0.2, 0.25) is 0 Å². The third-order valence-electron chi connectivity index (χ3n) is 3.64. The number of ether oxygens (including phenoxy) is 3. The highest BCUT2D eigenvalue weighted by Gasteiger charge is 2.20. The van der Waals surface area contributed by atoms with E-state index in [2.05, 4.69) is 18.7 Å². The van der Waals surface area contributed by atoms with Crippen molar-refractivity contribution in [2.45, 2.75) is 26.0 Å². The summed E-state index contributed by atoms with van der Waals surface area (Å²) in [7, 11) is 4.89. The van der Waals surface area contributed by atoms with Gasteiger partial charge in [0.1, 0.15) is 11.5 Å². The molecule has 0 fully saturated rings. The summed E-state index contributed by atoms with van der Waals surface area (Å²) in [5.41, 5.74) is 0.736. The predicted octanol–water partition coefficient (Wildman–Crippen LogP) is 2.09. The number of benzene rings is 1. The van der Waals surface area contributed by atoms with Crippen molar-refractivity contribution in [3.8, 4) is 11.5 Å². The molecule has 2 atom stereocenters. The van der Waals surface area contributed by atoms with E-state index in [9.17, 15) is 5.11 Å². The second-order valence-corrected chi connectivity index (χ2v) is 5.02. The van der Waals surface area contributed by atoms with E-state index in [-0.39, 0.29) is 6.04 Å². The zero-order valence-electron chi connectivity index (χ0n) is 13.6. The molecule has 0 spiro atoms. The molecule has 1 aromatic rings. The van der Waals surface area contributed by atoms with E-state index in [0.29, 0.717) is 24.7 Å². The van der Waals surface area contributed by atoms with Crippen LogP contribution in [-0.2, 0) is 4.74 Å². The molecule has 120 valence electrons. The molecule has 0 amide bonds. The number of aliphatic hydroxyl groups is 1. The van der Waals surface area contributed by atoms with Gasteiger partial charge in [-0.1, -0.05) is 6.92 Å². The molecule has 0 saturated heterocycles. The summed E-state index contributed by atoms with van der Waals surface area (Å²) >= 11 is 0. The number of nitrogens with zero attached hydrogens (tertiary/aromatic N) is 1. The molecule has 0 saturated carbocycles. The molecule has 5 heteroatoms. The van der Waals surface area contributed by atoms with E-state index in [4.69, 9.17) is 14.2 Å². The number of likely N-dealkylation sites (N-methyl/N-ethyl adjacent to an activating group) is 1. The van der Waals surface area contributed by atoms with Crippen LogP contribution in [0, 0.1) is 0 Å². The Morgan fingerprint density at radius 3 is 2.43 bits per heavy atom. The van der Waals surface area contributed by atoms with E-state index < -0.39 is 6.10 Å². The third kappa shape index (κ3) is 4.88. The Balaban J connectivity index is 2.88. The maximum atomic E-state index is 10.6. The molecule has 2 unspecified atom stereocenters. The number of hydrogen-bond donors (Lipinski definition) is 1. The van der Waals surface area contributed by atoms with Crippen LogP contribution in [0.25, 0.3) is 0 Å². The van der Waals surface area contributed by atoms with Crippen molar-refractivity contribution < 1.29 is 19.3 Å². The Morgan fingerprint density at radius 2 is 1.90 bits per heavy atom. The normalized spacial score (nSPS) is 14.0. The van der Waals surface area contributed by atoms with Gasteiger partial charge < -0.3 is 19.3 Å². The van der Waals surface area contributed by atoms with Gasteiger partial charge in [0, 0.05) is 25.3 Å². The Morgan fingerprint density at radius 1 is 1.19 bits per heavy atom. The average molecular weight is 297 g/mol. The first kappa shape index (κ1) is 17.8. The monoisotopic (exact) mass is 297 g/mol. The first-order valence-corrected chi connectivity index (χ1v) is 7.20. The standard InChI is InChI=1S/C16H27NO4/c1-6-17(12(2)11-19-3)10-15(18)14-9-13(20-4)7-8-16(14)21-5/h7-9,12,15,18H,6,10-11H2,1-5H3. The van der Waals surface area contributed by atoms with Gasteiger partial charge in [-0.25, -0.2) is 0 Å². The maximum absolute atomic E-state index is 10.6. The van der Waals surface area contributed by atoms with Gasteiger partial charge in [-0.05, 0) is 31.7 Å². The van der Waals surface area contributed by atoms with Crippen LogP contribution in [0.15, 0.2) is 18.2 Å². The quantitative estimate of drug-likeness (QED) is 0.756. The summed E-state index contributed by atoms with van der Waals surface area (Å²) in [5.74, 6) is 1.37. The van der Waals surface area contributed by atoms with E-state index in [0.717, 1.165) is 12.1 Å². The van der Waals surface area contributed by atoms with E-state index in [1.807, 2.05) is 18.2 Å². The van der Waals surface area contributed by atoms with Crippen LogP contribution in [-0.4, -0.2) is 57.1 Å². The van der Waals surface area contributed by atoms with Crippen LogP contribution in [0.5, 0.6) is 11.5 Å². The lowest BCUT2D eigenvalue weighted by atomic mass is 10.1. The largest absolute Gasteiger partial charge is 0.497 e. The van der Waals surface area contributed by atoms with Crippen LogP contribution in [0.3, 0.4) is 0 Å². The molecule has 1 rings (SSSR count). The van der Waals surface area contributed by atoms with Gasteiger partial charge in [0.2, 0.25) is 0 Å². The molecule has 1 aromatic carbocycles. The zero-order chi connectivity index (χ0) is 15.8. The van der Waals surface area contributed by atoms with Gasteiger partial charge in [0.05, 0.1) is 26.9 Å². The summed E-state index contributed by atoms with van der Waals surface area (Å²) in [6.45, 7) is 6.15. The Bertz CT molecular complexity index is 425. The van der Waals surface area contributed by atoms with Gasteiger partial charge in [-0.3, -0.25) is 4.90 Å². The summed E-state index contributed by atoms with van der Waals surface area (Å²) in [4.78, 5) is 2.17. The highest BCUT2D eigenvalue weighted by Crippen LogP contribution is 2.30. The van der Waals surface area contributed by atoms with Gasteiger partial charge in [-0.2, -0.15) is 0 Å². The predicted molar refractivity (Wildman–Crippen MR) is 83.1 cm³/mol. The third-order valence-corrected chi connectivity index (χ3v) is 3.64. The highest BCUT2D eigenvalue weighted by molar-refractivity contribution is 5.41. The Labute approximate surface area is 127 Å². The molecule has 0 bridgehead atoms. The molecule has 0 aliphatic heterocycles. The van der Waals surface area contributed by atoms with Gasteiger partial charge in [0.25, 0.3) is 0 Å². The lowest BCUT2D eigenvalue weighted by Gasteiger charge is -2.30. The van der Waals surface area contributed by atoms with Crippen molar-refractivity contribution in [2.75, 3.05) is 41.0 Å². The molecule has 0 aromatic heterocycles. The number of hydrogen-bond acceptors (Lipinski definition) is 5. The second kappa shape index (κ2) is 8.87. The molecular weight excluding hydrogens is 270 g/mol. The topological polar surface area (TPSA) is 51.2 Å². The van der Waals surface area contributed by atoms with Crippen LogP contribution >= 0.6 is 0 Å². The van der Waals surface area contributed by atoms with Gasteiger partial charge in [0.15, 0.2) is 0 Å². The van der Waals surface area contributed by atoms with Crippen molar-refractivity contribution in [3.63, 3.8) is 0 Å². The van der Waals surface area contributed by atoms with Crippen molar-refractivity contribution in [1.82, 2.24) is 4.90 Å². The summed E-state index contributed by atoms with van der Waals surface area (Å²) in [6.07, 6.45) is -0.644. The van der Waals surface area contributed by atoms with Crippen molar-refractivity contribution >= 4 is 0 Å². The molecule has 1 N–H and O–H groups in total. The first-order chi connectivity index (χ1) is 10.1. The Hall–Kier alpha value is -1.30. The molecule has 0 aliphatic rings. The minimum atomic E-state index is -0.644. The highest BCUT2D eigenvalue weighted by atomic mass is 16.5. The zero-order valence-corrected chi connectivity index (χ0v) is 13.6. The summed E-state index contributed by atoms with van der Waals surface area (Å²) in [6, 6.07) is 5.69. The van der Waals surface area contributed by atoms with Crippen molar-refractivity contribution in [3.05, 3.63) is 23.8 Å². The minimum Gasteiger partial charge on any atom is -0.497 e. The first-order valence-electron chi connectivity index (χ1n) is 7.20. The summed E-state index contributed by atoms with van der Waals surface area (Å²) < 4.78 is 15.7. The van der Waals surface area contributed by atoms with E-state index >= 15 is 0 Å². The fourth-order valence-electron chi connectivity index (χ4n) is 2.39. The van der Waals surface area contributed by atoms with E-state index in [1.54, 1.807) is 21.3 Å². The molecule has 0 heterocycles. The van der Waals surface area contributed by atoms with E-state index in [1.165, 1.54) is 0 Å².